The maximum atomic E-state index is 8.18. The first-order valence-corrected chi connectivity index (χ1v) is 3.78. The van der Waals surface area contributed by atoms with Gasteiger partial charge in [-0.15, -0.1) is 0 Å². The smallest absolute Gasteiger partial charge is 0.207 e. The lowest BCUT2D eigenvalue weighted by molar-refractivity contribution is 1.42. The average Bonchev–Trinajstić information content (AvgIpc) is 2.17. The largest absolute Gasteiger partial charge is 0.383 e. The van der Waals surface area contributed by atoms with Crippen LogP contribution in [0.4, 0.5) is 0 Å². The first-order chi connectivity index (χ1) is 6.33. The van der Waals surface area contributed by atoms with Gasteiger partial charge in [-0.2, -0.15) is 10.3 Å². The number of aliphatic imine (C=N–C) groups is 1. The van der Waals surface area contributed by atoms with Crippen molar-refractivity contribution in [1.82, 2.24) is 0 Å². The summed E-state index contributed by atoms with van der Waals surface area (Å²) >= 11 is 0. The normalized spacial score (nSPS) is 11.5. The predicted octanol–water partition coefficient (Wildman–Crippen LogP) is 1.54. The van der Waals surface area contributed by atoms with Crippen LogP contribution in [0.1, 0.15) is 5.56 Å². The fourth-order valence-electron chi connectivity index (χ4n) is 0.841. The number of benzene rings is 1. The van der Waals surface area contributed by atoms with Crippen LogP contribution in [-0.4, -0.2) is 5.84 Å². The van der Waals surface area contributed by atoms with Crippen LogP contribution in [0.2, 0.25) is 0 Å². The molecule has 1 aromatic rings. The zero-order chi connectivity index (χ0) is 9.52. The molecule has 0 spiro atoms. The molecule has 0 aliphatic rings. The van der Waals surface area contributed by atoms with Crippen LogP contribution >= 0.6 is 0 Å². The van der Waals surface area contributed by atoms with Gasteiger partial charge in [0.25, 0.3) is 0 Å². The molecule has 0 aliphatic heterocycles. The second-order valence-corrected chi connectivity index (χ2v) is 2.38. The van der Waals surface area contributed by atoms with Crippen molar-refractivity contribution in [3.05, 3.63) is 42.0 Å². The summed E-state index contributed by atoms with van der Waals surface area (Å²) in [6, 6.07) is 9.67. The van der Waals surface area contributed by atoms with Gasteiger partial charge >= 0.3 is 0 Å². The van der Waals surface area contributed by atoms with Gasteiger partial charge in [0.2, 0.25) is 6.19 Å². The monoisotopic (exact) mass is 171 g/mol. The predicted molar refractivity (Wildman–Crippen MR) is 52.7 cm³/mol. The van der Waals surface area contributed by atoms with E-state index in [9.17, 15) is 0 Å². The minimum Gasteiger partial charge on any atom is -0.383 e. The van der Waals surface area contributed by atoms with Crippen LogP contribution in [0.5, 0.6) is 0 Å². The highest BCUT2D eigenvalue weighted by Crippen LogP contribution is 2.00. The first-order valence-electron chi connectivity index (χ1n) is 3.78. The van der Waals surface area contributed by atoms with Gasteiger partial charge < -0.3 is 5.73 Å². The third kappa shape index (κ3) is 3.21. The second-order valence-electron chi connectivity index (χ2n) is 2.38. The standard InChI is InChI=1S/C10H9N3/c11-8-13-10(12)7-6-9-4-2-1-3-5-9/h1-7H,(H2,12,13)/b7-6+. The summed E-state index contributed by atoms with van der Waals surface area (Å²) in [7, 11) is 0. The molecule has 0 radical (unpaired) electrons. The average molecular weight is 171 g/mol. The van der Waals surface area contributed by atoms with Gasteiger partial charge in [-0.3, -0.25) is 0 Å². The molecule has 0 unspecified atom stereocenters. The number of rotatable bonds is 2. The molecule has 3 nitrogen and oxygen atoms in total. The molecule has 0 fully saturated rings. The summed E-state index contributed by atoms with van der Waals surface area (Å²) in [6.07, 6.45) is 5.01. The highest BCUT2D eigenvalue weighted by Gasteiger charge is 1.84. The fourth-order valence-corrected chi connectivity index (χ4v) is 0.841. The molecule has 0 aromatic heterocycles. The van der Waals surface area contributed by atoms with Crippen molar-refractivity contribution in [2.45, 2.75) is 0 Å². The Balaban J connectivity index is 2.71. The third-order valence-corrected chi connectivity index (χ3v) is 1.43. The van der Waals surface area contributed by atoms with E-state index in [1.54, 1.807) is 18.3 Å². The van der Waals surface area contributed by atoms with Crippen LogP contribution in [-0.2, 0) is 0 Å². The molecule has 3 heteroatoms. The van der Waals surface area contributed by atoms with E-state index in [2.05, 4.69) is 4.99 Å². The molecule has 0 heterocycles. The lowest BCUT2D eigenvalue weighted by atomic mass is 10.2. The minimum absolute atomic E-state index is 0.214. The van der Waals surface area contributed by atoms with Crippen molar-refractivity contribution < 1.29 is 0 Å². The summed E-state index contributed by atoms with van der Waals surface area (Å²) < 4.78 is 0. The van der Waals surface area contributed by atoms with Gasteiger partial charge in [-0.05, 0) is 11.6 Å². The minimum atomic E-state index is 0.214. The Morgan fingerprint density at radius 3 is 2.69 bits per heavy atom. The Kier molecular flexibility index (Phi) is 3.28. The number of nitrogens with zero attached hydrogens (tertiary/aromatic N) is 2. The van der Waals surface area contributed by atoms with Gasteiger partial charge in [0.15, 0.2) is 0 Å². The summed E-state index contributed by atoms with van der Waals surface area (Å²) in [5.74, 6) is 0.214. The Hall–Kier alpha value is -2.08. The Bertz CT molecular complexity index is 358. The molecule has 1 aromatic carbocycles. The number of nitriles is 1. The van der Waals surface area contributed by atoms with Crippen molar-refractivity contribution in [1.29, 1.82) is 5.26 Å². The maximum Gasteiger partial charge on any atom is 0.207 e. The van der Waals surface area contributed by atoms with E-state index in [4.69, 9.17) is 11.0 Å². The molecule has 1 rings (SSSR count). The van der Waals surface area contributed by atoms with E-state index >= 15 is 0 Å². The maximum absolute atomic E-state index is 8.18. The zero-order valence-electron chi connectivity index (χ0n) is 7.01. The Morgan fingerprint density at radius 1 is 1.38 bits per heavy atom. The van der Waals surface area contributed by atoms with Gasteiger partial charge in [0.05, 0.1) is 0 Å². The van der Waals surface area contributed by atoms with Gasteiger partial charge in [-0.25, -0.2) is 0 Å². The Labute approximate surface area is 76.8 Å². The lowest BCUT2D eigenvalue weighted by Crippen LogP contribution is -2.06. The summed E-state index contributed by atoms with van der Waals surface area (Å²) in [4.78, 5) is 3.35. The molecule has 0 atom stereocenters. The molecule has 0 saturated carbocycles. The highest BCUT2D eigenvalue weighted by molar-refractivity contribution is 5.95. The molecule has 0 bridgehead atoms. The van der Waals surface area contributed by atoms with Crippen LogP contribution in [0.15, 0.2) is 41.4 Å². The lowest BCUT2D eigenvalue weighted by Gasteiger charge is -1.90. The fraction of sp³-hybridized carbons (Fsp3) is 0. The van der Waals surface area contributed by atoms with Gasteiger partial charge in [-0.1, -0.05) is 36.4 Å². The van der Waals surface area contributed by atoms with E-state index in [-0.39, 0.29) is 5.84 Å². The Morgan fingerprint density at radius 2 is 2.08 bits per heavy atom. The number of nitrogens with two attached hydrogens (primary N) is 1. The summed E-state index contributed by atoms with van der Waals surface area (Å²) in [5.41, 5.74) is 6.40. The van der Waals surface area contributed by atoms with E-state index in [1.807, 2.05) is 30.3 Å². The summed E-state index contributed by atoms with van der Waals surface area (Å²) in [5, 5.41) is 8.18. The number of amidine groups is 1. The van der Waals surface area contributed by atoms with Crippen LogP contribution in [0.3, 0.4) is 0 Å². The highest BCUT2D eigenvalue weighted by atomic mass is 14.8. The van der Waals surface area contributed by atoms with Crippen molar-refractivity contribution >= 4 is 11.9 Å². The van der Waals surface area contributed by atoms with E-state index in [1.165, 1.54) is 0 Å². The summed E-state index contributed by atoms with van der Waals surface area (Å²) in [6.45, 7) is 0. The third-order valence-electron chi connectivity index (χ3n) is 1.43. The van der Waals surface area contributed by atoms with E-state index in [0.717, 1.165) is 5.56 Å². The van der Waals surface area contributed by atoms with Crippen molar-refractivity contribution in [3.8, 4) is 6.19 Å². The van der Waals surface area contributed by atoms with Gasteiger partial charge in [0.1, 0.15) is 5.84 Å². The number of hydrogen-bond acceptors (Lipinski definition) is 2. The molecular weight excluding hydrogens is 162 g/mol. The zero-order valence-corrected chi connectivity index (χ0v) is 7.01. The van der Waals surface area contributed by atoms with Crippen LogP contribution in [0.25, 0.3) is 6.08 Å². The molecular formula is C10H9N3. The molecule has 2 N–H and O–H groups in total. The molecule has 0 aliphatic carbocycles. The van der Waals surface area contributed by atoms with Crippen LogP contribution < -0.4 is 5.73 Å². The van der Waals surface area contributed by atoms with Crippen LogP contribution in [0, 0.1) is 11.5 Å². The molecule has 0 saturated heterocycles. The number of hydrogen-bond donors (Lipinski definition) is 1. The second kappa shape index (κ2) is 4.73. The SMILES string of the molecule is N#CN=C(N)/C=C/c1ccccc1. The molecule has 64 valence electrons. The quantitative estimate of drug-likeness (QED) is 0.416. The molecule has 13 heavy (non-hydrogen) atoms. The van der Waals surface area contributed by atoms with Crippen molar-refractivity contribution in [2.24, 2.45) is 10.7 Å². The topological polar surface area (TPSA) is 62.2 Å². The first kappa shape index (κ1) is 9.01. The van der Waals surface area contributed by atoms with E-state index < -0.39 is 0 Å². The van der Waals surface area contributed by atoms with Crippen molar-refractivity contribution in [2.75, 3.05) is 0 Å². The van der Waals surface area contributed by atoms with Gasteiger partial charge in [0, 0.05) is 0 Å². The van der Waals surface area contributed by atoms with Crippen molar-refractivity contribution in [3.63, 3.8) is 0 Å². The molecule has 0 amide bonds. The van der Waals surface area contributed by atoms with E-state index in [0.29, 0.717) is 0 Å².